The predicted molar refractivity (Wildman–Crippen MR) is 47.5 cm³/mol. The lowest BCUT2D eigenvalue weighted by Crippen LogP contribution is -2.28. The van der Waals surface area contributed by atoms with E-state index in [-0.39, 0.29) is 12.1 Å². The first kappa shape index (κ1) is 9.56. The zero-order chi connectivity index (χ0) is 8.97. The summed E-state index contributed by atoms with van der Waals surface area (Å²) in [6.07, 6.45) is 6.11. The number of esters is 1. The molecule has 1 rings (SSSR count). The van der Waals surface area contributed by atoms with Gasteiger partial charge in [0, 0.05) is 6.42 Å². The van der Waals surface area contributed by atoms with Gasteiger partial charge in [-0.1, -0.05) is 13.8 Å². The minimum absolute atomic E-state index is 0.0675. The molecule has 1 saturated carbocycles. The van der Waals surface area contributed by atoms with Crippen LogP contribution in [0.4, 0.5) is 0 Å². The van der Waals surface area contributed by atoms with Crippen molar-refractivity contribution in [1.29, 1.82) is 0 Å². The second kappa shape index (κ2) is 4.48. The Hall–Kier alpha value is -0.530. The molecule has 0 amide bonds. The second-order valence-corrected chi connectivity index (χ2v) is 3.46. The Balaban J connectivity index is 2.33. The Morgan fingerprint density at radius 1 is 1.67 bits per heavy atom. The normalized spacial score (nSPS) is 29.8. The van der Waals surface area contributed by atoms with Gasteiger partial charge in [0.15, 0.2) is 0 Å². The van der Waals surface area contributed by atoms with Crippen LogP contribution >= 0.6 is 0 Å². The summed E-state index contributed by atoms with van der Waals surface area (Å²) in [6, 6.07) is 0. The maximum absolute atomic E-state index is 11.0. The molecule has 69 valence electrons. The molecule has 0 aromatic heterocycles. The van der Waals surface area contributed by atoms with E-state index >= 15 is 0 Å². The van der Waals surface area contributed by atoms with Crippen molar-refractivity contribution < 1.29 is 9.53 Å². The fraction of sp³-hybridized carbons (Fsp3) is 0.800. The van der Waals surface area contributed by atoms with Crippen LogP contribution in [0.5, 0.6) is 0 Å². The van der Waals surface area contributed by atoms with Crippen molar-refractivity contribution in [3.05, 3.63) is 6.42 Å². The third kappa shape index (κ3) is 2.50. The highest BCUT2D eigenvalue weighted by atomic mass is 16.5. The van der Waals surface area contributed by atoms with Crippen molar-refractivity contribution in [2.24, 2.45) is 5.92 Å². The van der Waals surface area contributed by atoms with Gasteiger partial charge < -0.3 is 4.74 Å². The molecule has 1 aliphatic rings. The second-order valence-electron chi connectivity index (χ2n) is 3.46. The van der Waals surface area contributed by atoms with Crippen LogP contribution in [-0.4, -0.2) is 12.1 Å². The average Bonchev–Trinajstić information content (AvgIpc) is 2.09. The predicted octanol–water partition coefficient (Wildman–Crippen LogP) is 2.33. The molecule has 0 saturated heterocycles. The fourth-order valence-electron chi connectivity index (χ4n) is 1.50. The first-order chi connectivity index (χ1) is 5.74. The lowest BCUT2D eigenvalue weighted by atomic mass is 9.88. The van der Waals surface area contributed by atoms with Gasteiger partial charge in [0.05, 0.1) is 0 Å². The largest absolute Gasteiger partial charge is 0.462 e. The monoisotopic (exact) mass is 169 g/mol. The molecule has 0 aromatic rings. The van der Waals surface area contributed by atoms with Crippen LogP contribution in [0.15, 0.2) is 0 Å². The summed E-state index contributed by atoms with van der Waals surface area (Å²) in [5.74, 6) is 0.465. The van der Waals surface area contributed by atoms with Gasteiger partial charge in [0.2, 0.25) is 0 Å². The SMILES string of the molecule is CCC(=O)OC1C[CH]CCC1C. The summed E-state index contributed by atoms with van der Waals surface area (Å²) >= 11 is 0. The number of rotatable bonds is 2. The minimum atomic E-state index is -0.0675. The lowest BCUT2D eigenvalue weighted by molar-refractivity contribution is -0.151. The topological polar surface area (TPSA) is 26.3 Å². The highest BCUT2D eigenvalue weighted by molar-refractivity contribution is 5.69. The molecule has 2 heteroatoms. The molecular weight excluding hydrogens is 152 g/mol. The van der Waals surface area contributed by atoms with Gasteiger partial charge in [-0.3, -0.25) is 4.79 Å². The molecule has 2 unspecified atom stereocenters. The van der Waals surface area contributed by atoms with E-state index in [1.807, 2.05) is 6.92 Å². The molecule has 0 heterocycles. The van der Waals surface area contributed by atoms with Crippen molar-refractivity contribution in [2.75, 3.05) is 0 Å². The Kier molecular flexibility index (Phi) is 3.57. The van der Waals surface area contributed by atoms with Crippen molar-refractivity contribution >= 4 is 5.97 Å². The third-order valence-electron chi connectivity index (χ3n) is 2.43. The molecular formula is C10H17O2. The highest BCUT2D eigenvalue weighted by Gasteiger charge is 2.23. The smallest absolute Gasteiger partial charge is 0.305 e. The van der Waals surface area contributed by atoms with E-state index in [0.717, 1.165) is 12.8 Å². The van der Waals surface area contributed by atoms with Gasteiger partial charge in [-0.05, 0) is 31.6 Å². The molecule has 1 aliphatic carbocycles. The van der Waals surface area contributed by atoms with Gasteiger partial charge >= 0.3 is 5.97 Å². The molecule has 0 spiro atoms. The van der Waals surface area contributed by atoms with Crippen LogP contribution in [0.2, 0.25) is 0 Å². The summed E-state index contributed by atoms with van der Waals surface area (Å²) in [5.41, 5.74) is 0. The first-order valence-electron chi connectivity index (χ1n) is 4.75. The fourth-order valence-corrected chi connectivity index (χ4v) is 1.50. The summed E-state index contributed by atoms with van der Waals surface area (Å²) in [4.78, 5) is 11.0. The van der Waals surface area contributed by atoms with E-state index < -0.39 is 0 Å². The van der Waals surface area contributed by atoms with E-state index in [4.69, 9.17) is 4.74 Å². The maximum Gasteiger partial charge on any atom is 0.305 e. The molecule has 0 N–H and O–H groups in total. The molecule has 1 fully saturated rings. The van der Waals surface area contributed by atoms with Crippen molar-refractivity contribution in [3.8, 4) is 0 Å². The Bertz CT molecular complexity index is 154. The van der Waals surface area contributed by atoms with Crippen LogP contribution in [0.1, 0.15) is 39.5 Å². The summed E-state index contributed by atoms with van der Waals surface area (Å²) in [5, 5.41) is 0. The number of hydrogen-bond donors (Lipinski definition) is 0. The van der Waals surface area contributed by atoms with Crippen molar-refractivity contribution in [3.63, 3.8) is 0 Å². The van der Waals surface area contributed by atoms with Crippen molar-refractivity contribution in [1.82, 2.24) is 0 Å². The van der Waals surface area contributed by atoms with Gasteiger partial charge in [0.25, 0.3) is 0 Å². The zero-order valence-electron chi connectivity index (χ0n) is 7.88. The number of carbonyl (C=O) groups excluding carboxylic acids is 1. The molecule has 0 bridgehead atoms. The van der Waals surface area contributed by atoms with Crippen LogP contribution in [0, 0.1) is 12.3 Å². The van der Waals surface area contributed by atoms with Gasteiger partial charge in [-0.2, -0.15) is 0 Å². The van der Waals surface area contributed by atoms with Gasteiger partial charge in [-0.25, -0.2) is 0 Å². The van der Waals surface area contributed by atoms with Crippen LogP contribution < -0.4 is 0 Å². The van der Waals surface area contributed by atoms with Gasteiger partial charge in [0.1, 0.15) is 6.10 Å². The molecule has 0 aromatic carbocycles. The zero-order valence-corrected chi connectivity index (χ0v) is 7.88. The van der Waals surface area contributed by atoms with Crippen molar-refractivity contribution in [2.45, 2.75) is 45.6 Å². The molecule has 2 atom stereocenters. The number of carbonyl (C=O) groups is 1. The Morgan fingerprint density at radius 3 is 3.00 bits per heavy atom. The number of ether oxygens (including phenoxy) is 1. The molecule has 0 aliphatic heterocycles. The lowest BCUT2D eigenvalue weighted by Gasteiger charge is -2.27. The highest BCUT2D eigenvalue weighted by Crippen LogP contribution is 2.25. The van der Waals surface area contributed by atoms with E-state index in [9.17, 15) is 4.79 Å². The molecule has 1 radical (unpaired) electrons. The minimum Gasteiger partial charge on any atom is -0.462 e. The Labute approximate surface area is 74.3 Å². The summed E-state index contributed by atoms with van der Waals surface area (Å²) < 4.78 is 5.28. The van der Waals surface area contributed by atoms with Gasteiger partial charge in [-0.15, -0.1) is 0 Å². The average molecular weight is 169 g/mol. The Morgan fingerprint density at radius 2 is 2.42 bits per heavy atom. The quantitative estimate of drug-likeness (QED) is 0.593. The third-order valence-corrected chi connectivity index (χ3v) is 2.43. The summed E-state index contributed by atoms with van der Waals surface area (Å²) in [6.45, 7) is 3.99. The standard InChI is InChI=1S/C10H17O2/c1-3-10(11)12-9-7-5-4-6-8(9)2/h5,8-9H,3-4,6-7H2,1-2H3. The first-order valence-corrected chi connectivity index (χ1v) is 4.75. The maximum atomic E-state index is 11.0. The van der Waals surface area contributed by atoms with E-state index in [0.29, 0.717) is 12.3 Å². The van der Waals surface area contributed by atoms with E-state index in [1.54, 1.807) is 0 Å². The van der Waals surface area contributed by atoms with Crippen LogP contribution in [-0.2, 0) is 9.53 Å². The molecule has 2 nitrogen and oxygen atoms in total. The number of hydrogen-bond acceptors (Lipinski definition) is 2. The van der Waals surface area contributed by atoms with E-state index in [2.05, 4.69) is 13.3 Å². The van der Waals surface area contributed by atoms with E-state index in [1.165, 1.54) is 6.42 Å². The van der Waals surface area contributed by atoms with Crippen LogP contribution in [0.25, 0.3) is 0 Å². The van der Waals surface area contributed by atoms with Crippen LogP contribution in [0.3, 0.4) is 0 Å². The summed E-state index contributed by atoms with van der Waals surface area (Å²) in [7, 11) is 0. The molecule has 12 heavy (non-hydrogen) atoms.